The standard InChI is InChI=1S/C19H21IN2O/c1-14-3-8-18(15(2)13-14)21-9-11-22(12-10-21)19(23)16-4-6-17(20)7-5-16/h3-8,13H,9-12H2,1-2H3. The zero-order valence-electron chi connectivity index (χ0n) is 13.6. The molecule has 0 bridgehead atoms. The van der Waals surface area contributed by atoms with Crippen molar-refractivity contribution in [3.8, 4) is 0 Å². The van der Waals surface area contributed by atoms with Gasteiger partial charge in [0.25, 0.3) is 5.91 Å². The highest BCUT2D eigenvalue weighted by Crippen LogP contribution is 2.23. The van der Waals surface area contributed by atoms with Gasteiger partial charge in [0.2, 0.25) is 0 Å². The molecule has 2 aromatic carbocycles. The highest BCUT2D eigenvalue weighted by atomic mass is 127. The Labute approximate surface area is 151 Å². The van der Waals surface area contributed by atoms with Crippen LogP contribution >= 0.6 is 22.6 Å². The van der Waals surface area contributed by atoms with Crippen molar-refractivity contribution in [2.24, 2.45) is 0 Å². The lowest BCUT2D eigenvalue weighted by Crippen LogP contribution is -2.49. The van der Waals surface area contributed by atoms with Gasteiger partial charge in [-0.1, -0.05) is 17.7 Å². The van der Waals surface area contributed by atoms with E-state index in [2.05, 4.69) is 59.5 Å². The van der Waals surface area contributed by atoms with Crippen LogP contribution in [-0.4, -0.2) is 37.0 Å². The second-order valence-corrected chi connectivity index (χ2v) is 7.32. The first-order valence-electron chi connectivity index (χ1n) is 7.91. The maximum absolute atomic E-state index is 12.6. The number of carbonyl (C=O) groups excluding carboxylic acids is 1. The lowest BCUT2D eigenvalue weighted by Gasteiger charge is -2.37. The third kappa shape index (κ3) is 3.68. The number of piperazine rings is 1. The summed E-state index contributed by atoms with van der Waals surface area (Å²) in [6, 6.07) is 14.4. The SMILES string of the molecule is Cc1ccc(N2CCN(C(=O)c3ccc(I)cc3)CC2)c(C)c1. The fourth-order valence-electron chi connectivity index (χ4n) is 3.09. The van der Waals surface area contributed by atoms with Crippen molar-refractivity contribution in [1.29, 1.82) is 0 Å². The quantitative estimate of drug-likeness (QED) is 0.689. The lowest BCUT2D eigenvalue weighted by atomic mass is 10.1. The van der Waals surface area contributed by atoms with Crippen molar-refractivity contribution in [2.45, 2.75) is 13.8 Å². The van der Waals surface area contributed by atoms with E-state index in [-0.39, 0.29) is 5.91 Å². The normalized spacial score (nSPS) is 14.9. The molecule has 1 aliphatic heterocycles. The Morgan fingerprint density at radius 2 is 1.61 bits per heavy atom. The third-order valence-corrected chi connectivity index (χ3v) is 5.07. The van der Waals surface area contributed by atoms with Gasteiger partial charge < -0.3 is 9.80 Å². The summed E-state index contributed by atoms with van der Waals surface area (Å²) in [4.78, 5) is 16.9. The number of carbonyl (C=O) groups is 1. The number of hydrogen-bond donors (Lipinski definition) is 0. The first-order valence-corrected chi connectivity index (χ1v) is 8.99. The van der Waals surface area contributed by atoms with E-state index < -0.39 is 0 Å². The molecule has 1 amide bonds. The molecule has 120 valence electrons. The van der Waals surface area contributed by atoms with E-state index in [1.54, 1.807) is 0 Å². The minimum Gasteiger partial charge on any atom is -0.368 e. The summed E-state index contributed by atoms with van der Waals surface area (Å²) in [5, 5.41) is 0. The topological polar surface area (TPSA) is 23.6 Å². The van der Waals surface area contributed by atoms with Crippen LogP contribution in [0, 0.1) is 17.4 Å². The smallest absolute Gasteiger partial charge is 0.253 e. The van der Waals surface area contributed by atoms with Crippen LogP contribution in [0.25, 0.3) is 0 Å². The summed E-state index contributed by atoms with van der Waals surface area (Å²) in [5.41, 5.74) is 4.67. The van der Waals surface area contributed by atoms with E-state index in [0.29, 0.717) is 0 Å². The fraction of sp³-hybridized carbons (Fsp3) is 0.316. The number of nitrogens with zero attached hydrogens (tertiary/aromatic N) is 2. The highest BCUT2D eigenvalue weighted by molar-refractivity contribution is 14.1. The van der Waals surface area contributed by atoms with Gasteiger partial charge in [0.15, 0.2) is 0 Å². The van der Waals surface area contributed by atoms with Crippen LogP contribution < -0.4 is 4.90 Å². The van der Waals surface area contributed by atoms with Gasteiger partial charge in [-0.15, -0.1) is 0 Å². The van der Waals surface area contributed by atoms with Crippen LogP contribution in [0.4, 0.5) is 5.69 Å². The molecule has 0 N–H and O–H groups in total. The van der Waals surface area contributed by atoms with Crippen LogP contribution in [0.5, 0.6) is 0 Å². The molecule has 1 fully saturated rings. The van der Waals surface area contributed by atoms with Crippen LogP contribution in [-0.2, 0) is 0 Å². The molecule has 0 aromatic heterocycles. The molecule has 0 aliphatic carbocycles. The van der Waals surface area contributed by atoms with Gasteiger partial charge >= 0.3 is 0 Å². The molecule has 0 unspecified atom stereocenters. The second kappa shape index (κ2) is 6.91. The lowest BCUT2D eigenvalue weighted by molar-refractivity contribution is 0.0747. The monoisotopic (exact) mass is 420 g/mol. The molecule has 23 heavy (non-hydrogen) atoms. The molecular formula is C19H21IN2O. The summed E-state index contributed by atoms with van der Waals surface area (Å²) < 4.78 is 1.15. The van der Waals surface area contributed by atoms with Gasteiger partial charge in [-0.05, 0) is 72.3 Å². The Bertz CT molecular complexity index is 704. The molecule has 1 aliphatic rings. The number of halogens is 1. The van der Waals surface area contributed by atoms with E-state index in [1.807, 2.05) is 29.2 Å². The Morgan fingerprint density at radius 3 is 2.22 bits per heavy atom. The average molecular weight is 420 g/mol. The first kappa shape index (κ1) is 16.3. The Hall–Kier alpha value is -1.56. The maximum Gasteiger partial charge on any atom is 0.253 e. The van der Waals surface area contributed by atoms with Crippen LogP contribution in [0.15, 0.2) is 42.5 Å². The second-order valence-electron chi connectivity index (χ2n) is 6.08. The molecule has 1 heterocycles. The fourth-order valence-corrected chi connectivity index (χ4v) is 3.45. The number of hydrogen-bond acceptors (Lipinski definition) is 2. The van der Waals surface area contributed by atoms with E-state index in [9.17, 15) is 4.79 Å². The summed E-state index contributed by atoms with van der Waals surface area (Å²) in [5.74, 6) is 0.140. The molecule has 0 atom stereocenters. The summed E-state index contributed by atoms with van der Waals surface area (Å²) in [6.45, 7) is 7.61. The number of anilines is 1. The largest absolute Gasteiger partial charge is 0.368 e. The van der Waals surface area contributed by atoms with Crippen LogP contribution in [0.1, 0.15) is 21.5 Å². The zero-order chi connectivity index (χ0) is 16.4. The summed E-state index contributed by atoms with van der Waals surface area (Å²) in [7, 11) is 0. The number of rotatable bonds is 2. The Kier molecular flexibility index (Phi) is 4.90. The van der Waals surface area contributed by atoms with Crippen molar-refractivity contribution < 1.29 is 4.79 Å². The van der Waals surface area contributed by atoms with Crippen molar-refractivity contribution in [3.63, 3.8) is 0 Å². The van der Waals surface area contributed by atoms with Gasteiger partial charge in [-0.3, -0.25) is 4.79 Å². The number of amides is 1. The number of benzene rings is 2. The predicted molar refractivity (Wildman–Crippen MR) is 103 cm³/mol. The Morgan fingerprint density at radius 1 is 0.957 bits per heavy atom. The maximum atomic E-state index is 12.6. The molecule has 1 saturated heterocycles. The van der Waals surface area contributed by atoms with Crippen LogP contribution in [0.2, 0.25) is 0 Å². The predicted octanol–water partition coefficient (Wildman–Crippen LogP) is 3.87. The summed E-state index contributed by atoms with van der Waals surface area (Å²) >= 11 is 2.26. The van der Waals surface area contributed by atoms with E-state index in [4.69, 9.17) is 0 Å². The molecule has 3 rings (SSSR count). The third-order valence-electron chi connectivity index (χ3n) is 4.35. The molecule has 0 spiro atoms. The zero-order valence-corrected chi connectivity index (χ0v) is 15.7. The highest BCUT2D eigenvalue weighted by Gasteiger charge is 2.22. The van der Waals surface area contributed by atoms with E-state index in [1.165, 1.54) is 16.8 Å². The van der Waals surface area contributed by atoms with Gasteiger partial charge in [-0.2, -0.15) is 0 Å². The Balaban J connectivity index is 1.66. The molecule has 3 nitrogen and oxygen atoms in total. The summed E-state index contributed by atoms with van der Waals surface area (Å²) in [6.07, 6.45) is 0. The van der Waals surface area contributed by atoms with Gasteiger partial charge in [-0.25, -0.2) is 0 Å². The molecule has 2 aromatic rings. The minimum absolute atomic E-state index is 0.140. The molecule has 4 heteroatoms. The average Bonchev–Trinajstić information content (AvgIpc) is 2.55. The van der Waals surface area contributed by atoms with Crippen molar-refractivity contribution in [2.75, 3.05) is 31.1 Å². The minimum atomic E-state index is 0.140. The van der Waals surface area contributed by atoms with Crippen molar-refractivity contribution >= 4 is 34.2 Å². The van der Waals surface area contributed by atoms with Crippen molar-refractivity contribution in [3.05, 3.63) is 62.7 Å². The van der Waals surface area contributed by atoms with Gasteiger partial charge in [0.1, 0.15) is 0 Å². The van der Waals surface area contributed by atoms with E-state index >= 15 is 0 Å². The van der Waals surface area contributed by atoms with E-state index in [0.717, 1.165) is 35.3 Å². The number of aryl methyl sites for hydroxylation is 2. The van der Waals surface area contributed by atoms with Crippen molar-refractivity contribution in [1.82, 2.24) is 4.90 Å². The molecule has 0 radical (unpaired) electrons. The van der Waals surface area contributed by atoms with Crippen LogP contribution in [0.3, 0.4) is 0 Å². The first-order chi connectivity index (χ1) is 11.0. The van der Waals surface area contributed by atoms with Gasteiger partial charge in [0.05, 0.1) is 0 Å². The molecule has 0 saturated carbocycles. The van der Waals surface area contributed by atoms with Gasteiger partial charge in [0, 0.05) is 41.0 Å². The molecular weight excluding hydrogens is 399 g/mol.